The highest BCUT2D eigenvalue weighted by atomic mass is 16.6. The number of carboxylic acids is 1. The van der Waals surface area contributed by atoms with E-state index in [0.29, 0.717) is 39.2 Å². The molecule has 6 heteroatoms. The smallest absolute Gasteiger partial charge is 0.409 e. The first-order valence-corrected chi connectivity index (χ1v) is 5.98. The van der Waals surface area contributed by atoms with Gasteiger partial charge in [-0.05, 0) is 13.3 Å². The van der Waals surface area contributed by atoms with Crippen LogP contribution in [0, 0.1) is 0 Å². The highest BCUT2D eigenvalue weighted by Gasteiger charge is 2.29. The van der Waals surface area contributed by atoms with Gasteiger partial charge in [-0.3, -0.25) is 9.69 Å². The van der Waals surface area contributed by atoms with Crippen molar-refractivity contribution in [1.29, 1.82) is 0 Å². The van der Waals surface area contributed by atoms with Crippen molar-refractivity contribution in [2.45, 2.75) is 26.3 Å². The summed E-state index contributed by atoms with van der Waals surface area (Å²) in [5.41, 5.74) is 0. The highest BCUT2D eigenvalue weighted by Crippen LogP contribution is 2.10. The van der Waals surface area contributed by atoms with Crippen LogP contribution in [0.4, 0.5) is 4.79 Å². The van der Waals surface area contributed by atoms with Crippen LogP contribution in [0.1, 0.15) is 20.3 Å². The second-order valence-electron chi connectivity index (χ2n) is 3.98. The fourth-order valence-electron chi connectivity index (χ4n) is 2.02. The molecule has 0 aromatic rings. The Labute approximate surface area is 101 Å². The Morgan fingerprint density at radius 3 is 2.24 bits per heavy atom. The summed E-state index contributed by atoms with van der Waals surface area (Å²) in [5.74, 6) is -0.794. The second-order valence-corrected chi connectivity index (χ2v) is 3.98. The molecule has 1 aliphatic heterocycles. The standard InChI is InChI=1S/C11H20N2O4/c1-3-9(10(14)15)12-5-7-13(8-6-12)11(16)17-4-2/h9H,3-8H2,1-2H3,(H,14,15)/t9-/m0/s1. The number of carbonyl (C=O) groups is 2. The zero-order chi connectivity index (χ0) is 12.8. The molecule has 0 saturated carbocycles. The topological polar surface area (TPSA) is 70.1 Å². The number of aliphatic carboxylic acids is 1. The zero-order valence-corrected chi connectivity index (χ0v) is 10.4. The van der Waals surface area contributed by atoms with Crippen LogP contribution in [-0.4, -0.2) is 65.8 Å². The number of ether oxygens (including phenoxy) is 1. The summed E-state index contributed by atoms with van der Waals surface area (Å²) in [6.45, 7) is 6.23. The van der Waals surface area contributed by atoms with Crippen molar-refractivity contribution in [2.24, 2.45) is 0 Å². The van der Waals surface area contributed by atoms with Gasteiger partial charge in [-0.1, -0.05) is 6.92 Å². The van der Waals surface area contributed by atoms with Gasteiger partial charge in [0.25, 0.3) is 0 Å². The van der Waals surface area contributed by atoms with Gasteiger partial charge in [-0.25, -0.2) is 4.79 Å². The summed E-state index contributed by atoms with van der Waals surface area (Å²) in [6, 6.07) is -0.445. The van der Waals surface area contributed by atoms with Crippen LogP contribution < -0.4 is 0 Å². The molecular formula is C11H20N2O4. The van der Waals surface area contributed by atoms with Crippen molar-refractivity contribution in [3.63, 3.8) is 0 Å². The van der Waals surface area contributed by atoms with Gasteiger partial charge in [0.2, 0.25) is 0 Å². The maximum absolute atomic E-state index is 11.4. The third-order valence-corrected chi connectivity index (χ3v) is 2.95. The van der Waals surface area contributed by atoms with E-state index in [4.69, 9.17) is 9.84 Å². The van der Waals surface area contributed by atoms with Gasteiger partial charge in [0, 0.05) is 26.2 Å². The molecule has 1 atom stereocenters. The lowest BCUT2D eigenvalue weighted by atomic mass is 10.1. The van der Waals surface area contributed by atoms with Crippen molar-refractivity contribution in [1.82, 2.24) is 9.80 Å². The maximum atomic E-state index is 11.4. The van der Waals surface area contributed by atoms with E-state index >= 15 is 0 Å². The van der Waals surface area contributed by atoms with Gasteiger partial charge in [0.15, 0.2) is 0 Å². The van der Waals surface area contributed by atoms with Crippen LogP contribution in [0.15, 0.2) is 0 Å². The largest absolute Gasteiger partial charge is 0.480 e. The summed E-state index contributed by atoms with van der Waals surface area (Å²) in [5, 5.41) is 9.04. The fraction of sp³-hybridized carbons (Fsp3) is 0.818. The molecule has 1 aliphatic rings. The normalized spacial score (nSPS) is 18.8. The molecule has 98 valence electrons. The Kier molecular flexibility index (Phi) is 5.21. The van der Waals surface area contributed by atoms with Crippen LogP contribution in [0.5, 0.6) is 0 Å². The van der Waals surface area contributed by atoms with Gasteiger partial charge < -0.3 is 14.7 Å². The van der Waals surface area contributed by atoms with Crippen molar-refractivity contribution >= 4 is 12.1 Å². The summed E-state index contributed by atoms with van der Waals surface area (Å²) in [7, 11) is 0. The molecule has 1 heterocycles. The molecule has 0 aromatic heterocycles. The number of rotatable bonds is 4. The highest BCUT2D eigenvalue weighted by molar-refractivity contribution is 5.73. The second kappa shape index (κ2) is 6.44. The lowest BCUT2D eigenvalue weighted by Gasteiger charge is -2.36. The number of piperazine rings is 1. The molecule has 0 radical (unpaired) electrons. The molecule has 6 nitrogen and oxygen atoms in total. The summed E-state index contributed by atoms with van der Waals surface area (Å²) < 4.78 is 4.90. The Balaban J connectivity index is 2.44. The summed E-state index contributed by atoms with van der Waals surface area (Å²) in [6.07, 6.45) is 0.268. The number of carboxylic acid groups (broad SMARTS) is 1. The number of carbonyl (C=O) groups excluding carboxylic acids is 1. The quantitative estimate of drug-likeness (QED) is 0.785. The minimum Gasteiger partial charge on any atom is -0.480 e. The monoisotopic (exact) mass is 244 g/mol. The van der Waals surface area contributed by atoms with Crippen LogP contribution in [0.2, 0.25) is 0 Å². The third kappa shape index (κ3) is 3.59. The fourth-order valence-corrected chi connectivity index (χ4v) is 2.02. The lowest BCUT2D eigenvalue weighted by Crippen LogP contribution is -2.53. The average molecular weight is 244 g/mol. The molecular weight excluding hydrogens is 224 g/mol. The van der Waals surface area contributed by atoms with Gasteiger partial charge in [-0.2, -0.15) is 0 Å². The van der Waals surface area contributed by atoms with E-state index < -0.39 is 12.0 Å². The van der Waals surface area contributed by atoms with E-state index in [1.807, 2.05) is 11.8 Å². The van der Waals surface area contributed by atoms with Crippen LogP contribution in [0.3, 0.4) is 0 Å². The minimum atomic E-state index is -0.794. The van der Waals surface area contributed by atoms with E-state index in [2.05, 4.69) is 0 Å². The number of hydrogen-bond donors (Lipinski definition) is 1. The predicted octanol–water partition coefficient (Wildman–Crippen LogP) is 0.624. The summed E-state index contributed by atoms with van der Waals surface area (Å²) >= 11 is 0. The molecule has 17 heavy (non-hydrogen) atoms. The Hall–Kier alpha value is -1.30. The minimum absolute atomic E-state index is 0.310. The number of hydrogen-bond acceptors (Lipinski definition) is 4. The molecule has 0 spiro atoms. The van der Waals surface area contributed by atoms with Gasteiger partial charge >= 0.3 is 12.1 Å². The Bertz CT molecular complexity index is 275. The van der Waals surface area contributed by atoms with Crippen molar-refractivity contribution < 1.29 is 19.4 Å². The van der Waals surface area contributed by atoms with E-state index in [1.54, 1.807) is 11.8 Å². The molecule has 0 aromatic carbocycles. The van der Waals surface area contributed by atoms with Crippen LogP contribution in [0.25, 0.3) is 0 Å². The average Bonchev–Trinajstić information content (AvgIpc) is 2.30. The molecule has 0 aliphatic carbocycles. The van der Waals surface area contributed by atoms with E-state index in [9.17, 15) is 9.59 Å². The molecule has 0 unspecified atom stereocenters. The SMILES string of the molecule is CCOC(=O)N1CCN([C@@H](CC)C(=O)O)CC1. The summed E-state index contributed by atoms with van der Waals surface area (Å²) in [4.78, 5) is 26.0. The molecule has 0 bridgehead atoms. The van der Waals surface area contributed by atoms with Crippen LogP contribution in [-0.2, 0) is 9.53 Å². The first-order chi connectivity index (χ1) is 8.10. The van der Waals surface area contributed by atoms with Gasteiger partial charge in [0.05, 0.1) is 6.61 Å². The molecule has 1 saturated heterocycles. The lowest BCUT2D eigenvalue weighted by molar-refractivity contribution is -0.144. The Morgan fingerprint density at radius 1 is 1.24 bits per heavy atom. The molecule has 1 fully saturated rings. The van der Waals surface area contributed by atoms with Crippen LogP contribution >= 0.6 is 0 Å². The predicted molar refractivity (Wildman–Crippen MR) is 61.9 cm³/mol. The van der Waals surface area contributed by atoms with Crippen molar-refractivity contribution in [2.75, 3.05) is 32.8 Å². The molecule has 1 amide bonds. The first-order valence-electron chi connectivity index (χ1n) is 5.98. The third-order valence-electron chi connectivity index (χ3n) is 2.95. The van der Waals surface area contributed by atoms with E-state index in [1.165, 1.54) is 0 Å². The zero-order valence-electron chi connectivity index (χ0n) is 10.4. The van der Waals surface area contributed by atoms with E-state index in [-0.39, 0.29) is 6.09 Å². The van der Waals surface area contributed by atoms with Gasteiger partial charge in [-0.15, -0.1) is 0 Å². The number of nitrogens with zero attached hydrogens (tertiary/aromatic N) is 2. The Morgan fingerprint density at radius 2 is 1.82 bits per heavy atom. The van der Waals surface area contributed by atoms with Gasteiger partial charge in [0.1, 0.15) is 6.04 Å². The first kappa shape index (κ1) is 13.8. The number of amides is 1. The van der Waals surface area contributed by atoms with Crippen molar-refractivity contribution in [3.05, 3.63) is 0 Å². The molecule has 1 N–H and O–H groups in total. The van der Waals surface area contributed by atoms with E-state index in [0.717, 1.165) is 0 Å². The maximum Gasteiger partial charge on any atom is 0.409 e. The van der Waals surface area contributed by atoms with Crippen molar-refractivity contribution in [3.8, 4) is 0 Å². The molecule has 1 rings (SSSR count).